The highest BCUT2D eigenvalue weighted by Gasteiger charge is 2.23. The van der Waals surface area contributed by atoms with Gasteiger partial charge in [0.1, 0.15) is 0 Å². The van der Waals surface area contributed by atoms with Gasteiger partial charge in [-0.2, -0.15) is 4.98 Å². The van der Waals surface area contributed by atoms with Gasteiger partial charge in [0.05, 0.1) is 6.54 Å². The van der Waals surface area contributed by atoms with Gasteiger partial charge in [-0.1, -0.05) is 34.5 Å². The van der Waals surface area contributed by atoms with Crippen LogP contribution in [-0.4, -0.2) is 52.0 Å². The zero-order valence-electron chi connectivity index (χ0n) is 15.6. The zero-order chi connectivity index (χ0) is 19.5. The number of carbonyl (C=O) groups excluding carboxylic acids is 1. The number of carbonyl (C=O) groups is 1. The molecule has 1 amide bonds. The van der Waals surface area contributed by atoms with Crippen molar-refractivity contribution in [3.05, 3.63) is 70.5 Å². The third-order valence-electron chi connectivity index (χ3n) is 4.88. The molecule has 1 fully saturated rings. The van der Waals surface area contributed by atoms with Crippen molar-refractivity contribution in [2.75, 3.05) is 26.2 Å². The molecule has 4 rings (SSSR count). The molecule has 0 spiro atoms. The lowest BCUT2D eigenvalue weighted by Crippen LogP contribution is -2.48. The summed E-state index contributed by atoms with van der Waals surface area (Å²) >= 11 is 5.89. The summed E-state index contributed by atoms with van der Waals surface area (Å²) in [6, 6.07) is 15.0. The minimum atomic E-state index is 0.0394. The Labute approximate surface area is 168 Å². The van der Waals surface area contributed by atoms with Gasteiger partial charge in [-0.15, -0.1) is 0 Å². The molecule has 7 heteroatoms. The smallest absolute Gasteiger partial charge is 0.257 e. The van der Waals surface area contributed by atoms with E-state index in [-0.39, 0.29) is 5.91 Å². The fraction of sp³-hybridized carbons (Fsp3) is 0.286. The van der Waals surface area contributed by atoms with Gasteiger partial charge in [-0.05, 0) is 43.3 Å². The first kappa shape index (κ1) is 18.7. The molecule has 3 aromatic rings. The van der Waals surface area contributed by atoms with Crippen LogP contribution in [-0.2, 0) is 6.54 Å². The maximum atomic E-state index is 12.6. The molecule has 0 atom stereocenters. The van der Waals surface area contributed by atoms with Gasteiger partial charge in [0, 0.05) is 42.3 Å². The molecular formula is C21H21ClN4O2. The molecule has 0 N–H and O–H groups in total. The minimum absolute atomic E-state index is 0.0394. The lowest BCUT2D eigenvalue weighted by Gasteiger charge is -2.34. The molecule has 0 saturated carbocycles. The van der Waals surface area contributed by atoms with Crippen molar-refractivity contribution < 1.29 is 9.32 Å². The number of nitrogens with zero attached hydrogens (tertiary/aromatic N) is 4. The second-order valence-corrected chi connectivity index (χ2v) is 7.39. The number of rotatable bonds is 4. The number of halogens is 1. The largest absolute Gasteiger partial charge is 0.336 e. The first-order valence-electron chi connectivity index (χ1n) is 9.25. The predicted octanol–water partition coefficient (Wildman–Crippen LogP) is 3.66. The normalized spacial score (nSPS) is 15.0. The summed E-state index contributed by atoms with van der Waals surface area (Å²) < 4.78 is 5.40. The zero-order valence-corrected chi connectivity index (χ0v) is 16.4. The van der Waals surface area contributed by atoms with E-state index in [9.17, 15) is 4.79 Å². The quantitative estimate of drug-likeness (QED) is 0.673. The summed E-state index contributed by atoms with van der Waals surface area (Å²) in [5.74, 6) is 1.23. The molecule has 1 aliphatic heterocycles. The van der Waals surface area contributed by atoms with Crippen molar-refractivity contribution in [2.24, 2.45) is 0 Å². The monoisotopic (exact) mass is 396 g/mol. The maximum absolute atomic E-state index is 12.6. The topological polar surface area (TPSA) is 62.5 Å². The van der Waals surface area contributed by atoms with Gasteiger partial charge in [-0.3, -0.25) is 9.69 Å². The molecule has 6 nitrogen and oxygen atoms in total. The number of aromatic nitrogens is 2. The van der Waals surface area contributed by atoms with E-state index in [0.717, 1.165) is 18.7 Å². The molecule has 144 valence electrons. The van der Waals surface area contributed by atoms with Crippen molar-refractivity contribution in [3.8, 4) is 11.5 Å². The molecule has 0 aliphatic carbocycles. The summed E-state index contributed by atoms with van der Waals surface area (Å²) in [6.45, 7) is 5.54. The van der Waals surface area contributed by atoms with Crippen molar-refractivity contribution in [1.29, 1.82) is 0 Å². The average Bonchev–Trinajstić information content (AvgIpc) is 3.18. The maximum Gasteiger partial charge on any atom is 0.257 e. The standard InChI is InChI=1S/C21H21ClN4O2/c1-15-2-4-16(5-3-15)20-23-19(24-28-20)14-25-10-12-26(13-11-25)21(27)17-6-8-18(22)9-7-17/h2-9H,10-14H2,1H3. The van der Waals surface area contributed by atoms with Crippen molar-refractivity contribution in [1.82, 2.24) is 19.9 Å². The minimum Gasteiger partial charge on any atom is -0.336 e. The first-order valence-corrected chi connectivity index (χ1v) is 9.63. The Balaban J connectivity index is 1.33. The summed E-state index contributed by atoms with van der Waals surface area (Å²) in [7, 11) is 0. The third kappa shape index (κ3) is 4.24. The lowest BCUT2D eigenvalue weighted by atomic mass is 10.1. The Bertz CT molecular complexity index is 945. The van der Waals surface area contributed by atoms with Gasteiger partial charge < -0.3 is 9.42 Å². The average molecular weight is 397 g/mol. The number of hydrogen-bond donors (Lipinski definition) is 0. The predicted molar refractivity (Wildman–Crippen MR) is 107 cm³/mol. The Morgan fingerprint density at radius 1 is 1.04 bits per heavy atom. The number of piperazine rings is 1. The van der Waals surface area contributed by atoms with E-state index < -0.39 is 0 Å². The van der Waals surface area contributed by atoms with E-state index >= 15 is 0 Å². The van der Waals surface area contributed by atoms with Crippen LogP contribution in [0.15, 0.2) is 53.1 Å². The fourth-order valence-electron chi connectivity index (χ4n) is 3.22. The van der Waals surface area contributed by atoms with Crippen molar-refractivity contribution >= 4 is 17.5 Å². The summed E-state index contributed by atoms with van der Waals surface area (Å²) in [5, 5.41) is 4.73. The first-order chi connectivity index (χ1) is 13.6. The Kier molecular flexibility index (Phi) is 5.41. The SMILES string of the molecule is Cc1ccc(-c2nc(CN3CCN(C(=O)c4ccc(Cl)cc4)CC3)no2)cc1. The van der Waals surface area contributed by atoms with Gasteiger partial charge in [0.2, 0.25) is 0 Å². The number of hydrogen-bond acceptors (Lipinski definition) is 5. The number of amides is 1. The van der Waals surface area contributed by atoms with Gasteiger partial charge in [0.25, 0.3) is 11.8 Å². The molecule has 1 aromatic heterocycles. The Morgan fingerprint density at radius 2 is 1.71 bits per heavy atom. The summed E-state index contributed by atoms with van der Waals surface area (Å²) in [6.07, 6.45) is 0. The van der Waals surface area contributed by atoms with Crippen LogP contribution in [0.4, 0.5) is 0 Å². The van der Waals surface area contributed by atoms with E-state index in [1.165, 1.54) is 5.56 Å². The molecule has 0 unspecified atom stereocenters. The van der Waals surface area contributed by atoms with Crippen molar-refractivity contribution in [3.63, 3.8) is 0 Å². The Hall–Kier alpha value is -2.70. The van der Waals surface area contributed by atoms with Crippen LogP contribution in [0.3, 0.4) is 0 Å². The van der Waals surface area contributed by atoms with E-state index in [0.29, 0.717) is 41.9 Å². The molecule has 1 aliphatic rings. The molecule has 1 saturated heterocycles. The molecular weight excluding hydrogens is 376 g/mol. The van der Waals surface area contributed by atoms with Crippen LogP contribution < -0.4 is 0 Å². The van der Waals surface area contributed by atoms with Crippen LogP contribution in [0, 0.1) is 6.92 Å². The van der Waals surface area contributed by atoms with E-state index in [1.807, 2.05) is 36.1 Å². The second-order valence-electron chi connectivity index (χ2n) is 6.96. The third-order valence-corrected chi connectivity index (χ3v) is 5.13. The highest BCUT2D eigenvalue weighted by Crippen LogP contribution is 2.19. The lowest BCUT2D eigenvalue weighted by molar-refractivity contribution is 0.0624. The highest BCUT2D eigenvalue weighted by molar-refractivity contribution is 6.30. The fourth-order valence-corrected chi connectivity index (χ4v) is 3.34. The number of benzene rings is 2. The van der Waals surface area contributed by atoms with E-state index in [1.54, 1.807) is 24.3 Å². The van der Waals surface area contributed by atoms with Gasteiger partial charge >= 0.3 is 0 Å². The van der Waals surface area contributed by atoms with Gasteiger partial charge in [-0.25, -0.2) is 0 Å². The van der Waals surface area contributed by atoms with Gasteiger partial charge in [0.15, 0.2) is 5.82 Å². The molecule has 0 radical (unpaired) electrons. The molecule has 2 heterocycles. The van der Waals surface area contributed by atoms with Crippen molar-refractivity contribution in [2.45, 2.75) is 13.5 Å². The highest BCUT2D eigenvalue weighted by atomic mass is 35.5. The summed E-state index contributed by atoms with van der Waals surface area (Å²) in [4.78, 5) is 21.2. The van der Waals surface area contributed by atoms with Crippen LogP contribution in [0.1, 0.15) is 21.7 Å². The number of aryl methyl sites for hydroxylation is 1. The van der Waals surface area contributed by atoms with E-state index in [2.05, 4.69) is 15.0 Å². The summed E-state index contributed by atoms with van der Waals surface area (Å²) in [5.41, 5.74) is 2.77. The Morgan fingerprint density at radius 3 is 2.39 bits per heavy atom. The molecule has 28 heavy (non-hydrogen) atoms. The van der Waals surface area contributed by atoms with Crippen LogP contribution >= 0.6 is 11.6 Å². The molecule has 0 bridgehead atoms. The van der Waals surface area contributed by atoms with E-state index in [4.69, 9.17) is 16.1 Å². The van der Waals surface area contributed by atoms with Crippen LogP contribution in [0.25, 0.3) is 11.5 Å². The van der Waals surface area contributed by atoms with Crippen LogP contribution in [0.5, 0.6) is 0 Å². The second kappa shape index (κ2) is 8.12. The molecule has 2 aromatic carbocycles. The van der Waals surface area contributed by atoms with Crippen LogP contribution in [0.2, 0.25) is 5.02 Å².